The number of hydrogen-bond donors (Lipinski definition) is 0. The predicted octanol–water partition coefficient (Wildman–Crippen LogP) is 6.11. The highest BCUT2D eigenvalue weighted by Crippen LogP contribution is 2.36. The highest BCUT2D eigenvalue weighted by molar-refractivity contribution is 5.35. The molecule has 0 radical (unpaired) electrons. The van der Waals surface area contributed by atoms with Gasteiger partial charge in [-0.1, -0.05) is 38.0 Å². The van der Waals surface area contributed by atoms with E-state index in [0.717, 1.165) is 18.4 Å². The molecular weight excluding hydrogens is 273 g/mol. The highest BCUT2D eigenvalue weighted by Gasteiger charge is 2.21. The van der Waals surface area contributed by atoms with Crippen molar-refractivity contribution in [3.8, 4) is 6.07 Å². The SMILES string of the molecule is CCCCCC=C[C@H]1CC[C@H](c2ccc(C#N)c(F)c2)CC1. The average molecular weight is 299 g/mol. The van der Waals surface area contributed by atoms with Gasteiger partial charge in [0, 0.05) is 0 Å². The van der Waals surface area contributed by atoms with Gasteiger partial charge in [0.05, 0.1) is 5.56 Å². The van der Waals surface area contributed by atoms with Crippen molar-refractivity contribution in [2.75, 3.05) is 0 Å². The van der Waals surface area contributed by atoms with E-state index in [9.17, 15) is 4.39 Å². The summed E-state index contributed by atoms with van der Waals surface area (Å²) >= 11 is 0. The van der Waals surface area contributed by atoms with Crippen LogP contribution in [-0.2, 0) is 0 Å². The molecule has 1 aromatic carbocycles. The lowest BCUT2D eigenvalue weighted by atomic mass is 9.78. The van der Waals surface area contributed by atoms with E-state index < -0.39 is 0 Å². The Morgan fingerprint density at radius 2 is 2.00 bits per heavy atom. The summed E-state index contributed by atoms with van der Waals surface area (Å²) in [6, 6.07) is 6.98. The fraction of sp³-hybridized carbons (Fsp3) is 0.550. The number of hydrogen-bond acceptors (Lipinski definition) is 1. The van der Waals surface area contributed by atoms with Gasteiger partial charge in [-0.2, -0.15) is 5.26 Å². The Morgan fingerprint density at radius 1 is 1.23 bits per heavy atom. The van der Waals surface area contributed by atoms with E-state index in [1.165, 1.54) is 38.5 Å². The van der Waals surface area contributed by atoms with Gasteiger partial charge in [-0.15, -0.1) is 0 Å². The Morgan fingerprint density at radius 3 is 2.64 bits per heavy atom. The minimum atomic E-state index is -0.377. The van der Waals surface area contributed by atoms with Crippen LogP contribution < -0.4 is 0 Å². The fourth-order valence-corrected chi connectivity index (χ4v) is 3.32. The Bertz CT molecular complexity index is 533. The molecule has 0 bridgehead atoms. The zero-order chi connectivity index (χ0) is 15.8. The Hall–Kier alpha value is -1.62. The monoisotopic (exact) mass is 299 g/mol. The third-order valence-electron chi connectivity index (χ3n) is 4.74. The Labute approximate surface area is 133 Å². The lowest BCUT2D eigenvalue weighted by Gasteiger charge is -2.27. The van der Waals surface area contributed by atoms with Gasteiger partial charge >= 0.3 is 0 Å². The second kappa shape index (κ2) is 8.73. The van der Waals surface area contributed by atoms with Gasteiger partial charge in [0.15, 0.2) is 0 Å². The molecule has 0 aromatic heterocycles. The molecular formula is C20H26FN. The number of rotatable bonds is 6. The summed E-state index contributed by atoms with van der Waals surface area (Å²) < 4.78 is 13.7. The average Bonchev–Trinajstić information content (AvgIpc) is 2.55. The number of nitrogens with zero attached hydrogens (tertiary/aromatic N) is 1. The van der Waals surface area contributed by atoms with Crippen molar-refractivity contribution in [1.29, 1.82) is 5.26 Å². The molecule has 0 atom stereocenters. The van der Waals surface area contributed by atoms with Crippen LogP contribution in [0.5, 0.6) is 0 Å². The van der Waals surface area contributed by atoms with Gasteiger partial charge < -0.3 is 0 Å². The first-order chi connectivity index (χ1) is 10.7. The minimum Gasteiger partial charge on any atom is -0.206 e. The van der Waals surface area contributed by atoms with Crippen LogP contribution in [0.3, 0.4) is 0 Å². The Balaban J connectivity index is 1.82. The maximum atomic E-state index is 13.7. The van der Waals surface area contributed by atoms with Crippen LogP contribution in [0.15, 0.2) is 30.4 Å². The van der Waals surface area contributed by atoms with Crippen molar-refractivity contribution in [3.63, 3.8) is 0 Å². The molecule has 1 aromatic rings. The normalized spacial score (nSPS) is 21.9. The molecule has 2 rings (SSSR count). The molecule has 1 nitrogen and oxygen atoms in total. The van der Waals surface area contributed by atoms with Crippen LogP contribution in [0.4, 0.5) is 4.39 Å². The van der Waals surface area contributed by atoms with E-state index >= 15 is 0 Å². The van der Waals surface area contributed by atoms with Crippen LogP contribution in [0.25, 0.3) is 0 Å². The van der Waals surface area contributed by atoms with Gasteiger partial charge in [0.1, 0.15) is 11.9 Å². The lowest BCUT2D eigenvalue weighted by molar-refractivity contribution is 0.374. The van der Waals surface area contributed by atoms with E-state index in [1.54, 1.807) is 12.1 Å². The van der Waals surface area contributed by atoms with Gasteiger partial charge in [-0.25, -0.2) is 4.39 Å². The van der Waals surface area contributed by atoms with Gasteiger partial charge in [-0.05, 0) is 68.1 Å². The molecule has 22 heavy (non-hydrogen) atoms. The van der Waals surface area contributed by atoms with Crippen LogP contribution in [0.2, 0.25) is 0 Å². The summed E-state index contributed by atoms with van der Waals surface area (Å²) in [5.74, 6) is 0.769. The summed E-state index contributed by atoms with van der Waals surface area (Å²) in [5, 5.41) is 8.79. The lowest BCUT2D eigenvalue weighted by Crippen LogP contribution is -2.12. The molecule has 1 saturated carbocycles. The molecule has 1 fully saturated rings. The predicted molar refractivity (Wildman–Crippen MR) is 89.1 cm³/mol. The van der Waals surface area contributed by atoms with Crippen molar-refractivity contribution < 1.29 is 4.39 Å². The highest BCUT2D eigenvalue weighted by atomic mass is 19.1. The van der Waals surface area contributed by atoms with Crippen LogP contribution in [-0.4, -0.2) is 0 Å². The molecule has 0 unspecified atom stereocenters. The van der Waals surface area contributed by atoms with Gasteiger partial charge in [-0.3, -0.25) is 0 Å². The summed E-state index contributed by atoms with van der Waals surface area (Å²) in [5.41, 5.74) is 1.20. The first-order valence-electron chi connectivity index (χ1n) is 8.60. The van der Waals surface area contributed by atoms with E-state index in [4.69, 9.17) is 5.26 Å². The number of allylic oxidation sites excluding steroid dienone is 2. The third-order valence-corrected chi connectivity index (χ3v) is 4.74. The molecule has 1 aliphatic carbocycles. The van der Waals surface area contributed by atoms with Crippen molar-refractivity contribution >= 4 is 0 Å². The van der Waals surface area contributed by atoms with E-state index in [0.29, 0.717) is 11.8 Å². The molecule has 0 heterocycles. The smallest absolute Gasteiger partial charge is 0.141 e. The molecule has 2 heteroatoms. The van der Waals surface area contributed by atoms with E-state index in [-0.39, 0.29) is 11.4 Å². The molecule has 0 spiro atoms. The standard InChI is InChI=1S/C20H26FN/c1-2-3-4-5-6-7-16-8-10-17(11-9-16)18-12-13-19(15-22)20(21)14-18/h6-7,12-14,16-17H,2-5,8-11H2,1H3/t16-,17-. The maximum absolute atomic E-state index is 13.7. The number of benzene rings is 1. The van der Waals surface area contributed by atoms with Crippen LogP contribution >= 0.6 is 0 Å². The quantitative estimate of drug-likeness (QED) is 0.459. The minimum absolute atomic E-state index is 0.146. The fourth-order valence-electron chi connectivity index (χ4n) is 3.32. The summed E-state index contributed by atoms with van der Waals surface area (Å²) in [6.07, 6.45) is 14.5. The second-order valence-electron chi connectivity index (χ2n) is 6.39. The molecule has 0 N–H and O–H groups in total. The van der Waals surface area contributed by atoms with Crippen molar-refractivity contribution in [2.45, 2.75) is 64.2 Å². The summed E-state index contributed by atoms with van der Waals surface area (Å²) in [4.78, 5) is 0. The largest absolute Gasteiger partial charge is 0.206 e. The first kappa shape index (κ1) is 16.7. The molecule has 0 amide bonds. The molecule has 0 aliphatic heterocycles. The topological polar surface area (TPSA) is 23.8 Å². The Kier molecular flexibility index (Phi) is 6.65. The van der Waals surface area contributed by atoms with Gasteiger partial charge in [0.2, 0.25) is 0 Å². The summed E-state index contributed by atoms with van der Waals surface area (Å²) in [7, 11) is 0. The van der Waals surface area contributed by atoms with E-state index in [1.807, 2.05) is 12.1 Å². The van der Waals surface area contributed by atoms with E-state index in [2.05, 4.69) is 19.1 Å². The number of halogens is 1. The van der Waals surface area contributed by atoms with Crippen molar-refractivity contribution in [3.05, 3.63) is 47.3 Å². The summed E-state index contributed by atoms with van der Waals surface area (Å²) in [6.45, 7) is 2.23. The number of nitriles is 1. The van der Waals surface area contributed by atoms with Crippen LogP contribution in [0, 0.1) is 23.1 Å². The zero-order valence-corrected chi connectivity index (χ0v) is 13.5. The zero-order valence-electron chi connectivity index (χ0n) is 13.5. The second-order valence-corrected chi connectivity index (χ2v) is 6.39. The number of unbranched alkanes of at least 4 members (excludes halogenated alkanes) is 3. The van der Waals surface area contributed by atoms with Gasteiger partial charge in [0.25, 0.3) is 0 Å². The molecule has 118 valence electrons. The molecule has 1 aliphatic rings. The van der Waals surface area contributed by atoms with Crippen molar-refractivity contribution in [1.82, 2.24) is 0 Å². The van der Waals surface area contributed by atoms with Crippen LogP contribution in [0.1, 0.15) is 75.3 Å². The maximum Gasteiger partial charge on any atom is 0.141 e. The first-order valence-corrected chi connectivity index (χ1v) is 8.60. The van der Waals surface area contributed by atoms with Crippen molar-refractivity contribution in [2.24, 2.45) is 5.92 Å². The molecule has 0 saturated heterocycles. The third kappa shape index (κ3) is 4.70.